The average molecular weight is 361 g/mol. The summed E-state index contributed by atoms with van der Waals surface area (Å²) in [5.41, 5.74) is 5.30. The molecule has 0 aliphatic heterocycles. The number of nitrogens with one attached hydrogen (secondary N) is 1. The Balaban J connectivity index is 1.82. The van der Waals surface area contributed by atoms with Gasteiger partial charge in [0, 0.05) is 12.6 Å². The molecule has 136 valence electrons. The van der Waals surface area contributed by atoms with E-state index >= 15 is 0 Å². The molecule has 9 heteroatoms. The fourth-order valence-electron chi connectivity index (χ4n) is 2.13. The Morgan fingerprint density at radius 3 is 2.65 bits per heavy atom. The lowest BCUT2D eigenvalue weighted by atomic mass is 10.1. The summed E-state index contributed by atoms with van der Waals surface area (Å²) in [5, 5.41) is 13.3. The van der Waals surface area contributed by atoms with Gasteiger partial charge in [-0.05, 0) is 30.2 Å². The van der Waals surface area contributed by atoms with Gasteiger partial charge in [0.1, 0.15) is 11.5 Å². The first-order chi connectivity index (χ1) is 12.4. The van der Waals surface area contributed by atoms with Crippen LogP contribution in [-0.4, -0.2) is 30.0 Å². The van der Waals surface area contributed by atoms with Crippen LogP contribution in [0.15, 0.2) is 42.5 Å². The molecule has 0 atom stereocenters. The van der Waals surface area contributed by atoms with E-state index in [0.29, 0.717) is 5.56 Å². The second-order valence-corrected chi connectivity index (χ2v) is 5.30. The van der Waals surface area contributed by atoms with Crippen molar-refractivity contribution in [1.82, 2.24) is 5.32 Å². The van der Waals surface area contributed by atoms with Crippen LogP contribution in [0.25, 0.3) is 0 Å². The first-order valence-corrected chi connectivity index (χ1v) is 7.59. The van der Waals surface area contributed by atoms with E-state index in [2.05, 4.69) is 5.32 Å². The van der Waals surface area contributed by atoms with Crippen LogP contribution in [0.3, 0.4) is 0 Å². The molecule has 0 aliphatic carbocycles. The molecule has 0 radical (unpaired) electrons. The van der Waals surface area contributed by atoms with Crippen LogP contribution in [0.4, 0.5) is 15.8 Å². The molecule has 2 aromatic rings. The number of rotatable bonds is 7. The predicted molar refractivity (Wildman–Crippen MR) is 90.9 cm³/mol. The van der Waals surface area contributed by atoms with E-state index in [-0.39, 0.29) is 30.0 Å². The molecule has 8 nitrogen and oxygen atoms in total. The molecule has 26 heavy (non-hydrogen) atoms. The van der Waals surface area contributed by atoms with Gasteiger partial charge in [0.05, 0.1) is 10.5 Å². The maximum atomic E-state index is 13.4. The Bertz CT molecular complexity index is 841. The van der Waals surface area contributed by atoms with Crippen molar-refractivity contribution in [2.75, 3.05) is 18.9 Å². The fourth-order valence-corrected chi connectivity index (χ4v) is 2.13. The van der Waals surface area contributed by atoms with Crippen molar-refractivity contribution in [2.24, 2.45) is 0 Å². The summed E-state index contributed by atoms with van der Waals surface area (Å²) >= 11 is 0. The van der Waals surface area contributed by atoms with E-state index < -0.39 is 29.1 Å². The zero-order valence-corrected chi connectivity index (χ0v) is 13.6. The van der Waals surface area contributed by atoms with Crippen LogP contribution in [0.2, 0.25) is 0 Å². The van der Waals surface area contributed by atoms with E-state index in [4.69, 9.17) is 10.5 Å². The second-order valence-electron chi connectivity index (χ2n) is 5.30. The van der Waals surface area contributed by atoms with Crippen LogP contribution in [0.5, 0.6) is 0 Å². The standard InChI is InChI=1S/C17H16FN3O5/c18-13-4-2-1-3-11(13)7-8-20-16(22)10-26-17(23)12-5-6-14(19)15(9-12)21(24)25/h1-6,9H,7-8,10,19H2,(H,20,22). The third-order valence-corrected chi connectivity index (χ3v) is 3.47. The fraction of sp³-hybridized carbons (Fsp3) is 0.176. The number of nitro groups is 1. The van der Waals surface area contributed by atoms with Gasteiger partial charge in [-0.3, -0.25) is 14.9 Å². The van der Waals surface area contributed by atoms with E-state index in [1.165, 1.54) is 18.2 Å². The minimum absolute atomic E-state index is 0.0857. The first kappa shape index (κ1) is 18.8. The Hall–Kier alpha value is -3.49. The summed E-state index contributed by atoms with van der Waals surface area (Å²) in [7, 11) is 0. The normalized spacial score (nSPS) is 10.2. The smallest absolute Gasteiger partial charge is 0.338 e. The van der Waals surface area contributed by atoms with Crippen molar-refractivity contribution in [3.63, 3.8) is 0 Å². The van der Waals surface area contributed by atoms with E-state index in [9.17, 15) is 24.1 Å². The maximum absolute atomic E-state index is 13.4. The Kier molecular flexibility index (Phi) is 6.20. The van der Waals surface area contributed by atoms with Crippen molar-refractivity contribution in [2.45, 2.75) is 6.42 Å². The van der Waals surface area contributed by atoms with Gasteiger partial charge in [-0.15, -0.1) is 0 Å². The SMILES string of the molecule is Nc1ccc(C(=O)OCC(=O)NCCc2ccccc2F)cc1[N+](=O)[O-]. The van der Waals surface area contributed by atoms with Crippen LogP contribution in [0, 0.1) is 15.9 Å². The molecule has 0 saturated heterocycles. The monoisotopic (exact) mass is 361 g/mol. The minimum Gasteiger partial charge on any atom is -0.452 e. The predicted octanol–water partition coefficient (Wildman–Crippen LogP) is 1.83. The molecular weight excluding hydrogens is 345 g/mol. The van der Waals surface area contributed by atoms with Gasteiger partial charge >= 0.3 is 5.97 Å². The topological polar surface area (TPSA) is 125 Å². The lowest BCUT2D eigenvalue weighted by molar-refractivity contribution is -0.383. The number of benzene rings is 2. The van der Waals surface area contributed by atoms with Crippen LogP contribution in [-0.2, 0) is 16.0 Å². The zero-order valence-electron chi connectivity index (χ0n) is 13.6. The number of hydrogen-bond donors (Lipinski definition) is 2. The molecule has 0 unspecified atom stereocenters. The van der Waals surface area contributed by atoms with Crippen LogP contribution >= 0.6 is 0 Å². The van der Waals surface area contributed by atoms with Gasteiger partial charge in [-0.1, -0.05) is 18.2 Å². The van der Waals surface area contributed by atoms with Crippen molar-refractivity contribution in [3.8, 4) is 0 Å². The van der Waals surface area contributed by atoms with Crippen molar-refractivity contribution in [1.29, 1.82) is 0 Å². The molecule has 2 rings (SSSR count). The summed E-state index contributed by atoms with van der Waals surface area (Å²) in [6.45, 7) is -0.390. The van der Waals surface area contributed by atoms with Crippen molar-refractivity contribution >= 4 is 23.3 Å². The van der Waals surface area contributed by atoms with Gasteiger partial charge in [0.2, 0.25) is 0 Å². The van der Waals surface area contributed by atoms with Gasteiger partial charge in [-0.2, -0.15) is 0 Å². The highest BCUT2D eigenvalue weighted by Crippen LogP contribution is 2.22. The number of amides is 1. The first-order valence-electron chi connectivity index (χ1n) is 7.59. The van der Waals surface area contributed by atoms with E-state index in [0.717, 1.165) is 6.07 Å². The Morgan fingerprint density at radius 2 is 1.96 bits per heavy atom. The summed E-state index contributed by atoms with van der Waals surface area (Å²) < 4.78 is 18.2. The Labute approximate surface area is 147 Å². The van der Waals surface area contributed by atoms with Gasteiger partial charge in [-0.25, -0.2) is 9.18 Å². The quantitative estimate of drug-likeness (QED) is 0.335. The van der Waals surface area contributed by atoms with Crippen LogP contribution in [0.1, 0.15) is 15.9 Å². The molecule has 0 bridgehead atoms. The van der Waals surface area contributed by atoms with Gasteiger partial charge in [0.25, 0.3) is 11.6 Å². The number of carbonyl (C=O) groups excluding carboxylic acids is 2. The van der Waals surface area contributed by atoms with Crippen molar-refractivity contribution in [3.05, 3.63) is 69.5 Å². The van der Waals surface area contributed by atoms with Crippen molar-refractivity contribution < 1.29 is 23.6 Å². The molecule has 0 aromatic heterocycles. The third-order valence-electron chi connectivity index (χ3n) is 3.47. The van der Waals surface area contributed by atoms with Crippen LogP contribution < -0.4 is 11.1 Å². The molecule has 0 fully saturated rings. The summed E-state index contributed by atoms with van der Waals surface area (Å²) in [4.78, 5) is 33.6. The molecule has 0 saturated carbocycles. The highest BCUT2D eigenvalue weighted by Gasteiger charge is 2.17. The summed E-state index contributed by atoms with van der Waals surface area (Å²) in [5.74, 6) is -1.82. The summed E-state index contributed by atoms with van der Waals surface area (Å²) in [6, 6.07) is 9.64. The number of hydrogen-bond acceptors (Lipinski definition) is 6. The second kappa shape index (κ2) is 8.56. The lowest BCUT2D eigenvalue weighted by Crippen LogP contribution is -2.30. The summed E-state index contributed by atoms with van der Waals surface area (Å²) in [6.07, 6.45) is 0.288. The average Bonchev–Trinajstić information content (AvgIpc) is 2.61. The molecule has 0 heterocycles. The number of nitrogens with zero attached hydrogens (tertiary/aromatic N) is 1. The maximum Gasteiger partial charge on any atom is 0.338 e. The molecule has 0 spiro atoms. The van der Waals surface area contributed by atoms with E-state index in [1.807, 2.05) is 0 Å². The number of carbonyl (C=O) groups is 2. The number of anilines is 1. The molecule has 2 aromatic carbocycles. The number of nitrogen functional groups attached to an aromatic ring is 1. The zero-order chi connectivity index (χ0) is 19.1. The third kappa shape index (κ3) is 5.00. The number of ether oxygens (including phenoxy) is 1. The molecular formula is C17H16FN3O5. The number of nitrogens with two attached hydrogens (primary N) is 1. The largest absolute Gasteiger partial charge is 0.452 e. The lowest BCUT2D eigenvalue weighted by Gasteiger charge is -2.07. The highest BCUT2D eigenvalue weighted by atomic mass is 19.1. The number of esters is 1. The molecule has 0 aliphatic rings. The number of nitro benzene ring substituents is 1. The minimum atomic E-state index is -0.891. The highest BCUT2D eigenvalue weighted by molar-refractivity contribution is 5.92. The molecule has 1 amide bonds. The molecule has 3 N–H and O–H groups in total. The number of halogens is 1. The van der Waals surface area contributed by atoms with Gasteiger partial charge < -0.3 is 15.8 Å². The van der Waals surface area contributed by atoms with Gasteiger partial charge in [0.15, 0.2) is 6.61 Å². The Morgan fingerprint density at radius 1 is 1.23 bits per heavy atom. The van der Waals surface area contributed by atoms with E-state index in [1.54, 1.807) is 18.2 Å².